The van der Waals surface area contributed by atoms with Gasteiger partial charge in [0.1, 0.15) is 0 Å². The van der Waals surface area contributed by atoms with E-state index in [1.165, 1.54) is 12.1 Å². The van der Waals surface area contributed by atoms with Gasteiger partial charge < -0.3 is 10.0 Å². The Morgan fingerprint density at radius 1 is 1.19 bits per heavy atom. The Hall–Kier alpha value is -2.45. The van der Waals surface area contributed by atoms with Crippen molar-refractivity contribution >= 4 is 21.2 Å². The van der Waals surface area contributed by atoms with Crippen molar-refractivity contribution in [2.45, 2.75) is 56.4 Å². The number of aliphatic hydroxyl groups excluding tert-OH is 1. The summed E-state index contributed by atoms with van der Waals surface area (Å²) in [5, 5.41) is 23.3. The van der Waals surface area contributed by atoms with E-state index in [0.29, 0.717) is 24.0 Å². The van der Waals surface area contributed by atoms with Gasteiger partial charge in [-0.05, 0) is 42.2 Å². The molecular weight excluding hydrogens is 428 g/mol. The van der Waals surface area contributed by atoms with Crippen LogP contribution in [0, 0.1) is 15.5 Å². The molecule has 1 heterocycles. The number of nitro groups is 1. The zero-order valence-electron chi connectivity index (χ0n) is 19.1. The third-order valence-corrected chi connectivity index (χ3v) is 8.77. The highest BCUT2D eigenvalue weighted by Gasteiger charge is 2.49. The van der Waals surface area contributed by atoms with Crippen molar-refractivity contribution in [1.29, 1.82) is 0 Å². The Bertz CT molecular complexity index is 1100. The number of nitrogens with zero attached hydrogens (tertiary/aromatic N) is 2. The van der Waals surface area contributed by atoms with E-state index in [4.69, 9.17) is 0 Å². The van der Waals surface area contributed by atoms with Crippen molar-refractivity contribution in [1.82, 2.24) is 0 Å². The van der Waals surface area contributed by atoms with Crippen molar-refractivity contribution in [3.8, 4) is 0 Å². The second-order valence-corrected chi connectivity index (χ2v) is 10.9. The van der Waals surface area contributed by atoms with Gasteiger partial charge in [0.2, 0.25) is 0 Å². The van der Waals surface area contributed by atoms with Gasteiger partial charge in [0.25, 0.3) is 5.69 Å². The van der Waals surface area contributed by atoms with E-state index in [2.05, 4.69) is 0 Å². The largest absolute Gasteiger partial charge is 0.392 e. The van der Waals surface area contributed by atoms with E-state index in [1.807, 2.05) is 32.8 Å². The fourth-order valence-electron chi connectivity index (χ4n) is 4.84. The molecule has 0 aromatic heterocycles. The van der Waals surface area contributed by atoms with E-state index >= 15 is 0 Å². The number of unbranched alkanes of at least 4 members (excludes halogenated alkanes) is 1. The van der Waals surface area contributed by atoms with Gasteiger partial charge in [-0.25, -0.2) is 8.42 Å². The first kappa shape index (κ1) is 24.2. The first-order chi connectivity index (χ1) is 15.1. The monoisotopic (exact) mass is 460 g/mol. The second-order valence-electron chi connectivity index (χ2n) is 8.97. The third kappa shape index (κ3) is 4.38. The van der Waals surface area contributed by atoms with Crippen LogP contribution in [0.4, 0.5) is 11.4 Å². The van der Waals surface area contributed by atoms with Crippen LogP contribution in [-0.2, 0) is 9.84 Å². The number of rotatable bonds is 7. The molecule has 1 N–H and O–H groups in total. The maximum atomic E-state index is 13.6. The quantitative estimate of drug-likeness (QED) is 0.481. The van der Waals surface area contributed by atoms with Crippen LogP contribution >= 0.6 is 0 Å². The minimum absolute atomic E-state index is 0.0808. The first-order valence-corrected chi connectivity index (χ1v) is 12.7. The lowest BCUT2D eigenvalue weighted by Gasteiger charge is -2.39. The summed E-state index contributed by atoms with van der Waals surface area (Å²) < 4.78 is 27.2. The van der Waals surface area contributed by atoms with Gasteiger partial charge >= 0.3 is 0 Å². The number of benzene rings is 2. The van der Waals surface area contributed by atoms with Gasteiger partial charge in [0, 0.05) is 43.2 Å². The van der Waals surface area contributed by atoms with Crippen LogP contribution in [0.15, 0.2) is 47.4 Å². The van der Waals surface area contributed by atoms with Crippen LogP contribution in [0.5, 0.6) is 0 Å². The Balaban J connectivity index is 2.34. The Morgan fingerprint density at radius 3 is 2.50 bits per heavy atom. The molecule has 0 saturated carbocycles. The first-order valence-electron chi connectivity index (χ1n) is 11.0. The van der Waals surface area contributed by atoms with Gasteiger partial charge in [-0.3, -0.25) is 10.1 Å². The summed E-state index contributed by atoms with van der Waals surface area (Å²) in [6.45, 7) is 3.96. The molecule has 1 aliphatic rings. The van der Waals surface area contributed by atoms with E-state index in [1.54, 1.807) is 30.3 Å². The van der Waals surface area contributed by atoms with Gasteiger partial charge in [-0.15, -0.1) is 0 Å². The fraction of sp³-hybridized carbons (Fsp3) is 0.500. The highest BCUT2D eigenvalue weighted by molar-refractivity contribution is 7.91. The molecule has 0 bridgehead atoms. The van der Waals surface area contributed by atoms with Crippen LogP contribution in [0.3, 0.4) is 0 Å². The lowest BCUT2D eigenvalue weighted by atomic mass is 9.69. The molecule has 8 heteroatoms. The number of aliphatic hydroxyl groups is 1. The molecule has 0 amide bonds. The summed E-state index contributed by atoms with van der Waals surface area (Å²) in [7, 11) is 0.0450. The van der Waals surface area contributed by atoms with Gasteiger partial charge in [0.15, 0.2) is 9.84 Å². The van der Waals surface area contributed by atoms with E-state index in [-0.39, 0.29) is 16.3 Å². The highest BCUT2D eigenvalue weighted by Crippen LogP contribution is 2.49. The van der Waals surface area contributed by atoms with Crippen molar-refractivity contribution in [3.05, 3.63) is 63.7 Å². The van der Waals surface area contributed by atoms with Crippen molar-refractivity contribution in [3.63, 3.8) is 0 Å². The maximum absolute atomic E-state index is 13.6. The molecule has 2 aromatic rings. The van der Waals surface area contributed by atoms with E-state index in [9.17, 15) is 23.6 Å². The molecule has 0 aliphatic carbocycles. The molecule has 0 unspecified atom stereocenters. The van der Waals surface area contributed by atoms with Crippen LogP contribution in [0.2, 0.25) is 0 Å². The van der Waals surface area contributed by atoms with Crippen molar-refractivity contribution < 1.29 is 18.4 Å². The highest BCUT2D eigenvalue weighted by atomic mass is 32.2. The summed E-state index contributed by atoms with van der Waals surface area (Å²) in [5.41, 5.74) is 0.926. The molecule has 32 heavy (non-hydrogen) atoms. The topological polar surface area (TPSA) is 101 Å². The lowest BCUT2D eigenvalue weighted by Crippen LogP contribution is -2.42. The van der Waals surface area contributed by atoms with Crippen LogP contribution in [0.1, 0.15) is 56.6 Å². The number of non-ortho nitro benzene ring substituents is 1. The van der Waals surface area contributed by atoms with Gasteiger partial charge in [-0.2, -0.15) is 0 Å². The lowest BCUT2D eigenvalue weighted by molar-refractivity contribution is -0.384. The zero-order chi connectivity index (χ0) is 23.7. The molecule has 7 nitrogen and oxygen atoms in total. The van der Waals surface area contributed by atoms with Crippen molar-refractivity contribution in [2.75, 3.05) is 24.7 Å². The smallest absolute Gasteiger partial charge is 0.269 e. The summed E-state index contributed by atoms with van der Waals surface area (Å²) >= 11 is 0. The average Bonchev–Trinajstić information content (AvgIpc) is 2.83. The summed E-state index contributed by atoms with van der Waals surface area (Å²) in [6, 6.07) is 11.4. The van der Waals surface area contributed by atoms with Gasteiger partial charge in [-0.1, -0.05) is 38.8 Å². The Morgan fingerprint density at radius 2 is 1.91 bits per heavy atom. The van der Waals surface area contributed by atoms with Crippen LogP contribution < -0.4 is 4.90 Å². The SMILES string of the molecule is CCCC[C@@]1(CC)CS(=O)(=O)c2ccc(N(C)C)cc2[C@@H](c2cccc([N+](=O)[O-])c2)[C@H]1O. The summed E-state index contributed by atoms with van der Waals surface area (Å²) in [6.07, 6.45) is 1.73. The number of fused-ring (bicyclic) bond motifs is 1. The van der Waals surface area contributed by atoms with Crippen LogP contribution in [0.25, 0.3) is 0 Å². The number of anilines is 1. The molecule has 0 spiro atoms. The predicted octanol–water partition coefficient (Wildman–Crippen LogP) is 4.53. The standard InChI is InChI=1S/C24H32N2O5S/c1-5-7-13-24(6-2)16-32(30,31)21-12-11-18(25(3)4)15-20(21)22(23(24)27)17-9-8-10-19(14-17)26(28)29/h8-12,14-15,22-23,27H,5-7,13,16H2,1-4H3/t22-,23-,24+/m1/s1. The predicted molar refractivity (Wildman–Crippen MR) is 126 cm³/mol. The number of nitro benzene ring substituents is 1. The molecule has 0 saturated heterocycles. The minimum Gasteiger partial charge on any atom is -0.392 e. The summed E-state index contributed by atoms with van der Waals surface area (Å²) in [5.74, 6) is -0.837. The molecule has 3 atom stereocenters. The molecule has 2 aromatic carbocycles. The Labute approximate surface area is 190 Å². The molecular formula is C24H32N2O5S. The number of hydrogen-bond acceptors (Lipinski definition) is 6. The summed E-state index contributed by atoms with van der Waals surface area (Å²) in [4.78, 5) is 13.0. The number of hydrogen-bond donors (Lipinski definition) is 1. The third-order valence-electron chi connectivity index (χ3n) is 6.77. The zero-order valence-corrected chi connectivity index (χ0v) is 19.9. The normalized spacial score (nSPS) is 24.4. The molecule has 0 fully saturated rings. The maximum Gasteiger partial charge on any atom is 0.269 e. The fourth-order valence-corrected chi connectivity index (χ4v) is 7.09. The van der Waals surface area contributed by atoms with Gasteiger partial charge in [0.05, 0.1) is 21.7 Å². The molecule has 174 valence electrons. The molecule has 0 radical (unpaired) electrons. The minimum atomic E-state index is -3.68. The van der Waals surface area contributed by atoms with Crippen molar-refractivity contribution in [2.24, 2.45) is 5.41 Å². The average molecular weight is 461 g/mol. The Kier molecular flexibility index (Phi) is 6.95. The molecule has 1 aliphatic heterocycles. The van der Waals surface area contributed by atoms with E-state index < -0.39 is 32.2 Å². The van der Waals surface area contributed by atoms with Crippen LogP contribution in [-0.4, -0.2) is 44.4 Å². The second kappa shape index (κ2) is 9.19. The van der Waals surface area contributed by atoms with E-state index in [0.717, 1.165) is 18.5 Å². The number of sulfone groups is 1. The molecule has 3 rings (SSSR count).